The van der Waals surface area contributed by atoms with Crippen LogP contribution in [0.2, 0.25) is 0 Å². The van der Waals surface area contributed by atoms with Gasteiger partial charge in [-0.25, -0.2) is 18.6 Å². The standard InChI is InChI=1S/C15H13F2NO2S/c1-8(2)12-5-9(15(19)20)6-14(18-12)21-13-4-3-10(16)7-11(13)17/h3-8H,1-2H3,(H,19,20). The zero-order chi connectivity index (χ0) is 15.6. The average molecular weight is 309 g/mol. The smallest absolute Gasteiger partial charge is 0.335 e. The maximum Gasteiger partial charge on any atom is 0.335 e. The first-order valence-electron chi connectivity index (χ1n) is 6.25. The Labute approximate surface area is 125 Å². The lowest BCUT2D eigenvalue weighted by molar-refractivity contribution is 0.0696. The van der Waals surface area contributed by atoms with Gasteiger partial charge >= 0.3 is 5.97 Å². The summed E-state index contributed by atoms with van der Waals surface area (Å²) < 4.78 is 26.5. The Bertz CT molecular complexity index is 689. The molecule has 0 bridgehead atoms. The first kappa shape index (κ1) is 15.4. The summed E-state index contributed by atoms with van der Waals surface area (Å²) in [6.45, 7) is 3.78. The molecule has 0 aliphatic heterocycles. The maximum atomic E-state index is 13.6. The van der Waals surface area contributed by atoms with Crippen LogP contribution in [0.1, 0.15) is 35.8 Å². The molecule has 1 N–H and O–H groups in total. The van der Waals surface area contributed by atoms with Crippen LogP contribution < -0.4 is 0 Å². The highest BCUT2D eigenvalue weighted by atomic mass is 32.2. The van der Waals surface area contributed by atoms with E-state index in [4.69, 9.17) is 5.11 Å². The van der Waals surface area contributed by atoms with Crippen molar-refractivity contribution in [3.05, 3.63) is 53.2 Å². The number of rotatable bonds is 4. The van der Waals surface area contributed by atoms with Crippen LogP contribution in [0.5, 0.6) is 0 Å². The van der Waals surface area contributed by atoms with Gasteiger partial charge in [0.25, 0.3) is 0 Å². The lowest BCUT2D eigenvalue weighted by atomic mass is 10.1. The summed E-state index contributed by atoms with van der Waals surface area (Å²) in [5, 5.41) is 9.48. The fourth-order valence-electron chi connectivity index (χ4n) is 1.67. The Morgan fingerprint density at radius 1 is 1.24 bits per heavy atom. The van der Waals surface area contributed by atoms with Gasteiger partial charge in [-0.2, -0.15) is 0 Å². The second-order valence-electron chi connectivity index (χ2n) is 4.76. The Hall–Kier alpha value is -1.95. The molecule has 6 heteroatoms. The van der Waals surface area contributed by atoms with Gasteiger partial charge in [-0.1, -0.05) is 25.6 Å². The van der Waals surface area contributed by atoms with E-state index in [1.165, 1.54) is 18.2 Å². The minimum absolute atomic E-state index is 0.0433. The minimum atomic E-state index is -1.07. The molecule has 3 nitrogen and oxygen atoms in total. The lowest BCUT2D eigenvalue weighted by Crippen LogP contribution is -2.02. The van der Waals surface area contributed by atoms with E-state index in [1.54, 1.807) is 0 Å². The van der Waals surface area contributed by atoms with Gasteiger partial charge in [-0.05, 0) is 30.2 Å². The summed E-state index contributed by atoms with van der Waals surface area (Å²) in [5.41, 5.74) is 0.707. The van der Waals surface area contributed by atoms with E-state index < -0.39 is 17.6 Å². The van der Waals surface area contributed by atoms with Gasteiger partial charge in [0.2, 0.25) is 0 Å². The van der Waals surface area contributed by atoms with E-state index in [1.807, 2.05) is 13.8 Å². The molecule has 0 saturated carbocycles. The van der Waals surface area contributed by atoms with Gasteiger partial charge in [0.1, 0.15) is 16.7 Å². The third-order valence-electron chi connectivity index (χ3n) is 2.77. The van der Waals surface area contributed by atoms with Crippen molar-refractivity contribution >= 4 is 17.7 Å². The fraction of sp³-hybridized carbons (Fsp3) is 0.200. The molecule has 0 spiro atoms. The number of carboxylic acid groups (broad SMARTS) is 1. The van der Waals surface area contributed by atoms with E-state index in [-0.39, 0.29) is 16.4 Å². The van der Waals surface area contributed by atoms with Crippen molar-refractivity contribution in [3.8, 4) is 0 Å². The summed E-state index contributed by atoms with van der Waals surface area (Å²) in [4.78, 5) is 15.6. The summed E-state index contributed by atoms with van der Waals surface area (Å²) in [6.07, 6.45) is 0. The number of carbonyl (C=O) groups is 1. The molecule has 0 fully saturated rings. The summed E-state index contributed by atoms with van der Waals surface area (Å²) in [6, 6.07) is 6.11. The highest BCUT2D eigenvalue weighted by molar-refractivity contribution is 7.99. The lowest BCUT2D eigenvalue weighted by Gasteiger charge is -2.09. The Balaban J connectivity index is 2.41. The summed E-state index contributed by atoms with van der Waals surface area (Å²) in [5.74, 6) is -2.39. The first-order valence-corrected chi connectivity index (χ1v) is 7.06. The molecular formula is C15H13F2NO2S. The molecule has 110 valence electrons. The maximum absolute atomic E-state index is 13.6. The molecular weight excluding hydrogens is 296 g/mol. The molecule has 1 aromatic heterocycles. The summed E-state index contributed by atoms with van der Waals surface area (Å²) in [7, 11) is 0. The molecule has 0 unspecified atom stereocenters. The van der Waals surface area contributed by atoms with Crippen LogP contribution in [0.15, 0.2) is 40.3 Å². The number of aromatic nitrogens is 1. The second kappa shape index (κ2) is 6.22. The molecule has 0 aliphatic carbocycles. The molecule has 21 heavy (non-hydrogen) atoms. The molecule has 2 aromatic rings. The number of benzene rings is 1. The van der Waals surface area contributed by atoms with Gasteiger partial charge in [0.15, 0.2) is 0 Å². The number of pyridine rings is 1. The summed E-state index contributed by atoms with van der Waals surface area (Å²) >= 11 is 0.970. The van der Waals surface area contributed by atoms with E-state index in [9.17, 15) is 13.6 Å². The van der Waals surface area contributed by atoms with E-state index in [2.05, 4.69) is 4.98 Å². The highest BCUT2D eigenvalue weighted by Gasteiger charge is 2.13. The van der Waals surface area contributed by atoms with E-state index in [0.29, 0.717) is 10.7 Å². The quantitative estimate of drug-likeness (QED) is 0.913. The molecule has 2 rings (SSSR count). The van der Waals surface area contributed by atoms with Gasteiger partial charge < -0.3 is 5.11 Å². The van der Waals surface area contributed by atoms with Crippen LogP contribution in [-0.2, 0) is 0 Å². The predicted octanol–water partition coefficient (Wildman–Crippen LogP) is 4.33. The number of hydrogen-bond donors (Lipinski definition) is 1. The van der Waals surface area contributed by atoms with Crippen molar-refractivity contribution in [1.29, 1.82) is 0 Å². The van der Waals surface area contributed by atoms with Crippen LogP contribution in [0.3, 0.4) is 0 Å². The second-order valence-corrected chi connectivity index (χ2v) is 5.82. The number of nitrogens with zero attached hydrogens (tertiary/aromatic N) is 1. The average Bonchev–Trinajstić information content (AvgIpc) is 2.41. The first-order chi connectivity index (χ1) is 9.86. The van der Waals surface area contributed by atoms with Crippen molar-refractivity contribution in [2.75, 3.05) is 0 Å². The van der Waals surface area contributed by atoms with Gasteiger partial charge in [0, 0.05) is 16.7 Å². The van der Waals surface area contributed by atoms with E-state index in [0.717, 1.165) is 23.9 Å². The van der Waals surface area contributed by atoms with Gasteiger partial charge in [-0.15, -0.1) is 0 Å². The van der Waals surface area contributed by atoms with Gasteiger partial charge in [-0.3, -0.25) is 0 Å². The van der Waals surface area contributed by atoms with Crippen LogP contribution in [-0.4, -0.2) is 16.1 Å². The van der Waals surface area contributed by atoms with Crippen molar-refractivity contribution in [3.63, 3.8) is 0 Å². The van der Waals surface area contributed by atoms with Crippen molar-refractivity contribution in [2.24, 2.45) is 0 Å². The minimum Gasteiger partial charge on any atom is -0.478 e. The zero-order valence-corrected chi connectivity index (χ0v) is 12.2. The SMILES string of the molecule is CC(C)c1cc(C(=O)O)cc(Sc2ccc(F)cc2F)n1. The van der Waals surface area contributed by atoms with Crippen molar-refractivity contribution < 1.29 is 18.7 Å². The third kappa shape index (κ3) is 3.78. The highest BCUT2D eigenvalue weighted by Crippen LogP contribution is 2.30. The number of hydrogen-bond acceptors (Lipinski definition) is 3. The number of carboxylic acids is 1. The fourth-order valence-corrected chi connectivity index (χ4v) is 2.52. The molecule has 0 amide bonds. The van der Waals surface area contributed by atoms with Crippen LogP contribution in [0.25, 0.3) is 0 Å². The van der Waals surface area contributed by atoms with Gasteiger partial charge in [0.05, 0.1) is 5.56 Å². The Morgan fingerprint density at radius 2 is 1.95 bits per heavy atom. The van der Waals surface area contributed by atoms with Crippen LogP contribution in [0.4, 0.5) is 8.78 Å². The largest absolute Gasteiger partial charge is 0.478 e. The van der Waals surface area contributed by atoms with Crippen LogP contribution >= 0.6 is 11.8 Å². The Morgan fingerprint density at radius 3 is 2.52 bits per heavy atom. The Kier molecular flexibility index (Phi) is 4.57. The monoisotopic (exact) mass is 309 g/mol. The van der Waals surface area contributed by atoms with Crippen molar-refractivity contribution in [1.82, 2.24) is 4.98 Å². The molecule has 0 atom stereocenters. The van der Waals surface area contributed by atoms with Crippen LogP contribution in [0, 0.1) is 11.6 Å². The molecule has 0 saturated heterocycles. The molecule has 1 aromatic carbocycles. The van der Waals surface area contributed by atoms with Crippen molar-refractivity contribution in [2.45, 2.75) is 29.7 Å². The normalized spacial score (nSPS) is 10.9. The molecule has 1 heterocycles. The number of aromatic carboxylic acids is 1. The van der Waals surface area contributed by atoms with E-state index >= 15 is 0 Å². The molecule has 0 aliphatic rings. The zero-order valence-electron chi connectivity index (χ0n) is 11.4. The number of halogens is 2. The predicted molar refractivity (Wildman–Crippen MR) is 75.8 cm³/mol. The molecule has 0 radical (unpaired) electrons. The topological polar surface area (TPSA) is 50.2 Å². The third-order valence-corrected chi connectivity index (χ3v) is 3.74.